The van der Waals surface area contributed by atoms with E-state index in [1.165, 1.54) is 11.3 Å². The van der Waals surface area contributed by atoms with Crippen molar-refractivity contribution in [1.82, 2.24) is 20.4 Å². The first-order valence-corrected chi connectivity index (χ1v) is 8.50. The lowest BCUT2D eigenvalue weighted by Crippen LogP contribution is -2.49. The molecule has 0 radical (unpaired) electrons. The SMILES string of the molecule is Cc1nc([C@@H]2C[C@@](CC(C)C)(C(=O)O)N[C@H]2c2nccs2)no1. The zero-order chi connectivity index (χ0) is 16.6. The minimum atomic E-state index is -0.996. The van der Waals surface area contributed by atoms with Gasteiger partial charge in [-0.1, -0.05) is 19.0 Å². The molecule has 1 aliphatic rings. The molecule has 2 aromatic heterocycles. The maximum atomic E-state index is 12.0. The molecule has 2 aromatic rings. The fourth-order valence-corrected chi connectivity index (χ4v) is 4.11. The normalized spacial score (nSPS) is 27.7. The maximum absolute atomic E-state index is 12.0. The number of hydrogen-bond donors (Lipinski definition) is 2. The molecule has 0 saturated carbocycles. The van der Waals surface area contributed by atoms with Crippen molar-refractivity contribution in [1.29, 1.82) is 0 Å². The van der Waals surface area contributed by atoms with Crippen LogP contribution in [0.1, 0.15) is 55.4 Å². The molecule has 0 bridgehead atoms. The molecular formula is C15H20N4O3S. The second-order valence-corrected chi connectivity index (χ2v) is 7.39. The third-order valence-corrected chi connectivity index (χ3v) is 5.02. The van der Waals surface area contributed by atoms with E-state index in [-0.39, 0.29) is 17.9 Å². The van der Waals surface area contributed by atoms with Crippen LogP contribution < -0.4 is 5.32 Å². The molecule has 8 heteroatoms. The Kier molecular flexibility index (Phi) is 4.20. The van der Waals surface area contributed by atoms with Gasteiger partial charge in [0.15, 0.2) is 5.82 Å². The van der Waals surface area contributed by atoms with E-state index in [1.54, 1.807) is 13.1 Å². The van der Waals surface area contributed by atoms with Crippen LogP contribution in [0.4, 0.5) is 0 Å². The highest BCUT2D eigenvalue weighted by atomic mass is 32.1. The molecule has 23 heavy (non-hydrogen) atoms. The average Bonchev–Trinajstić information content (AvgIpc) is 3.16. The Morgan fingerprint density at radius 3 is 2.91 bits per heavy atom. The number of nitrogens with one attached hydrogen (secondary N) is 1. The van der Waals surface area contributed by atoms with Gasteiger partial charge in [0.25, 0.3) is 0 Å². The number of carboxylic acid groups (broad SMARTS) is 1. The summed E-state index contributed by atoms with van der Waals surface area (Å²) in [5, 5.41) is 19.9. The van der Waals surface area contributed by atoms with E-state index in [4.69, 9.17) is 4.52 Å². The lowest BCUT2D eigenvalue weighted by molar-refractivity contribution is -0.145. The summed E-state index contributed by atoms with van der Waals surface area (Å²) in [7, 11) is 0. The fourth-order valence-electron chi connectivity index (χ4n) is 3.35. The predicted octanol–water partition coefficient (Wildman–Crippen LogP) is 2.52. The van der Waals surface area contributed by atoms with E-state index < -0.39 is 11.5 Å². The Morgan fingerprint density at radius 2 is 2.39 bits per heavy atom. The van der Waals surface area contributed by atoms with Crippen molar-refractivity contribution in [2.75, 3.05) is 0 Å². The Balaban J connectivity index is 2.00. The molecular weight excluding hydrogens is 316 g/mol. The van der Waals surface area contributed by atoms with E-state index in [0.717, 1.165) is 5.01 Å². The first-order chi connectivity index (χ1) is 10.9. The summed E-state index contributed by atoms with van der Waals surface area (Å²) in [5.74, 6) is 0.266. The predicted molar refractivity (Wildman–Crippen MR) is 84.2 cm³/mol. The first kappa shape index (κ1) is 16.1. The van der Waals surface area contributed by atoms with Gasteiger partial charge >= 0.3 is 5.97 Å². The van der Waals surface area contributed by atoms with Gasteiger partial charge in [-0.05, 0) is 18.8 Å². The van der Waals surface area contributed by atoms with Gasteiger partial charge in [0.05, 0.1) is 6.04 Å². The summed E-state index contributed by atoms with van der Waals surface area (Å²) in [5.41, 5.74) is -0.996. The van der Waals surface area contributed by atoms with E-state index in [9.17, 15) is 9.90 Å². The smallest absolute Gasteiger partial charge is 0.323 e. The first-order valence-electron chi connectivity index (χ1n) is 7.62. The summed E-state index contributed by atoms with van der Waals surface area (Å²) < 4.78 is 5.10. The van der Waals surface area contributed by atoms with Gasteiger partial charge < -0.3 is 9.63 Å². The molecule has 1 aliphatic heterocycles. The lowest BCUT2D eigenvalue weighted by atomic mass is 9.84. The van der Waals surface area contributed by atoms with Crippen LogP contribution >= 0.6 is 11.3 Å². The van der Waals surface area contributed by atoms with E-state index in [1.807, 2.05) is 19.2 Å². The van der Waals surface area contributed by atoms with E-state index in [0.29, 0.717) is 24.6 Å². The number of hydrogen-bond acceptors (Lipinski definition) is 7. The monoisotopic (exact) mass is 336 g/mol. The highest BCUT2D eigenvalue weighted by Gasteiger charge is 2.53. The summed E-state index contributed by atoms with van der Waals surface area (Å²) in [4.78, 5) is 20.7. The number of aliphatic carboxylic acids is 1. The van der Waals surface area contributed by atoms with Crippen LogP contribution in [-0.2, 0) is 4.79 Å². The molecule has 2 N–H and O–H groups in total. The third kappa shape index (κ3) is 3.00. The van der Waals surface area contributed by atoms with Crippen LogP contribution in [0.15, 0.2) is 16.1 Å². The van der Waals surface area contributed by atoms with Crippen LogP contribution in [0.3, 0.4) is 0 Å². The van der Waals surface area contributed by atoms with Gasteiger partial charge in [0.1, 0.15) is 10.5 Å². The van der Waals surface area contributed by atoms with Crippen LogP contribution in [0.2, 0.25) is 0 Å². The Morgan fingerprint density at radius 1 is 1.61 bits per heavy atom. The minimum Gasteiger partial charge on any atom is -0.480 e. The standard InChI is InChI=1S/C15H20N4O3S/c1-8(2)6-15(14(20)21)7-10(12-17-9(3)22-19-12)11(18-15)13-16-4-5-23-13/h4-5,8,10-11,18H,6-7H2,1-3H3,(H,20,21)/t10-,11-,15+/m1/s1. The lowest BCUT2D eigenvalue weighted by Gasteiger charge is -2.27. The number of thiazole rings is 1. The molecule has 7 nitrogen and oxygen atoms in total. The molecule has 3 rings (SSSR count). The molecule has 3 atom stereocenters. The number of aromatic nitrogens is 3. The van der Waals surface area contributed by atoms with Crippen molar-refractivity contribution in [3.8, 4) is 0 Å². The molecule has 3 heterocycles. The molecule has 0 spiro atoms. The molecule has 1 saturated heterocycles. The Bertz CT molecular complexity index is 685. The summed E-state index contributed by atoms with van der Waals surface area (Å²) >= 11 is 1.50. The Hall–Kier alpha value is -1.80. The molecule has 0 amide bonds. The highest BCUT2D eigenvalue weighted by molar-refractivity contribution is 7.09. The molecule has 124 valence electrons. The highest BCUT2D eigenvalue weighted by Crippen LogP contribution is 2.46. The second-order valence-electron chi connectivity index (χ2n) is 6.46. The molecule has 0 aliphatic carbocycles. The van der Waals surface area contributed by atoms with Gasteiger partial charge in [0.2, 0.25) is 5.89 Å². The summed E-state index contributed by atoms with van der Waals surface area (Å²) in [6, 6.07) is -0.221. The van der Waals surface area contributed by atoms with Crippen molar-refractivity contribution >= 4 is 17.3 Å². The van der Waals surface area contributed by atoms with E-state index in [2.05, 4.69) is 20.4 Å². The zero-order valence-corrected chi connectivity index (χ0v) is 14.1. The number of carboxylic acids is 1. The number of aryl methyl sites for hydroxylation is 1. The van der Waals surface area contributed by atoms with Crippen LogP contribution in [0.25, 0.3) is 0 Å². The topological polar surface area (TPSA) is 101 Å². The van der Waals surface area contributed by atoms with Crippen molar-refractivity contribution < 1.29 is 14.4 Å². The van der Waals surface area contributed by atoms with Gasteiger partial charge in [0, 0.05) is 24.4 Å². The fraction of sp³-hybridized carbons (Fsp3) is 0.600. The number of rotatable bonds is 5. The van der Waals surface area contributed by atoms with Gasteiger partial charge in [-0.25, -0.2) is 4.98 Å². The quantitative estimate of drug-likeness (QED) is 0.865. The Labute approximate surface area is 138 Å². The van der Waals surface area contributed by atoms with Crippen molar-refractivity contribution in [2.24, 2.45) is 5.92 Å². The maximum Gasteiger partial charge on any atom is 0.323 e. The summed E-state index contributed by atoms with van der Waals surface area (Å²) in [6.07, 6.45) is 2.69. The van der Waals surface area contributed by atoms with Crippen LogP contribution in [-0.4, -0.2) is 31.7 Å². The van der Waals surface area contributed by atoms with Gasteiger partial charge in [-0.3, -0.25) is 10.1 Å². The van der Waals surface area contributed by atoms with Crippen LogP contribution in [0.5, 0.6) is 0 Å². The van der Waals surface area contributed by atoms with Crippen molar-refractivity contribution in [2.45, 2.75) is 51.1 Å². The molecule has 0 aromatic carbocycles. The van der Waals surface area contributed by atoms with Crippen molar-refractivity contribution in [3.05, 3.63) is 28.3 Å². The summed E-state index contributed by atoms with van der Waals surface area (Å²) in [6.45, 7) is 5.78. The number of carbonyl (C=O) groups is 1. The minimum absolute atomic E-state index is 0.173. The van der Waals surface area contributed by atoms with Crippen molar-refractivity contribution in [3.63, 3.8) is 0 Å². The molecule has 0 unspecified atom stereocenters. The third-order valence-electron chi connectivity index (χ3n) is 4.16. The zero-order valence-electron chi connectivity index (χ0n) is 13.3. The van der Waals surface area contributed by atoms with E-state index >= 15 is 0 Å². The van der Waals surface area contributed by atoms with Crippen LogP contribution in [0, 0.1) is 12.8 Å². The average molecular weight is 336 g/mol. The van der Waals surface area contributed by atoms with Gasteiger partial charge in [-0.15, -0.1) is 11.3 Å². The largest absolute Gasteiger partial charge is 0.480 e. The molecule has 1 fully saturated rings. The second kappa shape index (κ2) is 6.01. The van der Waals surface area contributed by atoms with Gasteiger partial charge in [-0.2, -0.15) is 4.98 Å². The number of nitrogens with zero attached hydrogens (tertiary/aromatic N) is 3.